The second kappa shape index (κ2) is 42.4. The number of carboxylic acids is 1. The largest absolute Gasteiger partial charge is 0.480 e. The van der Waals surface area contributed by atoms with Crippen molar-refractivity contribution in [3.8, 4) is 0 Å². The number of aliphatic carboxylic acids is 1. The number of carbonyl (C=O) groups is 3. The van der Waals surface area contributed by atoms with Crippen LogP contribution in [0, 0.1) is 0 Å². The molecule has 0 aromatic rings. The standard InChI is InChI=1S/C48H80NO10P/c1-3-5-7-9-11-13-15-17-19-21-22-24-26-28-30-32-34-36-38-40-47(51)59-44(42-57-60(54,55)58-43-45(49)48(52)53)41-56-46(50)39-37-35-33-31-29-27-25-23-20-18-16-14-12-10-8-6-4-2/h11-14,17-20,22,24-25,27-28,30,44-45H,3-10,15-16,21,23,26,29,31-43,49H2,1-2H3,(H,52,53)(H,54,55)/b13-11+,14-12+,19-17+,20-18+,24-22+,27-25+,30-28+/t44-,45+/m1/s1. The van der Waals surface area contributed by atoms with E-state index in [2.05, 4.69) is 103 Å². The first-order chi connectivity index (χ1) is 29.1. The molecule has 12 heteroatoms. The van der Waals surface area contributed by atoms with Gasteiger partial charge in [0.05, 0.1) is 13.2 Å². The first-order valence-electron chi connectivity index (χ1n) is 22.6. The summed E-state index contributed by atoms with van der Waals surface area (Å²) in [7, 11) is -4.74. The van der Waals surface area contributed by atoms with Crippen LogP contribution in [0.2, 0.25) is 0 Å². The van der Waals surface area contributed by atoms with Gasteiger partial charge in [-0.25, -0.2) is 4.57 Å². The fourth-order valence-corrected chi connectivity index (χ4v) is 6.30. The molecule has 0 bridgehead atoms. The Kier molecular flexibility index (Phi) is 40.0. The van der Waals surface area contributed by atoms with E-state index in [0.29, 0.717) is 12.8 Å². The molecule has 4 N–H and O–H groups in total. The Morgan fingerprint density at radius 2 is 0.883 bits per heavy atom. The minimum absolute atomic E-state index is 0.114. The number of hydrogen-bond acceptors (Lipinski definition) is 9. The lowest BCUT2D eigenvalue weighted by molar-refractivity contribution is -0.161. The molecule has 0 saturated heterocycles. The van der Waals surface area contributed by atoms with Gasteiger partial charge in [-0.05, 0) is 96.3 Å². The zero-order valence-electron chi connectivity index (χ0n) is 37.0. The van der Waals surface area contributed by atoms with E-state index in [0.717, 1.165) is 83.5 Å². The highest BCUT2D eigenvalue weighted by molar-refractivity contribution is 7.47. The van der Waals surface area contributed by atoms with E-state index in [-0.39, 0.29) is 19.4 Å². The average Bonchev–Trinajstić information content (AvgIpc) is 3.22. The Morgan fingerprint density at radius 3 is 1.32 bits per heavy atom. The van der Waals surface area contributed by atoms with Crippen molar-refractivity contribution in [2.24, 2.45) is 5.73 Å². The summed E-state index contributed by atoms with van der Waals surface area (Å²) < 4.78 is 32.7. The average molecular weight is 862 g/mol. The molecule has 0 saturated carbocycles. The van der Waals surface area contributed by atoms with Crippen molar-refractivity contribution in [1.82, 2.24) is 0 Å². The smallest absolute Gasteiger partial charge is 0.472 e. The van der Waals surface area contributed by atoms with Crippen LogP contribution in [0.15, 0.2) is 85.1 Å². The molecule has 0 heterocycles. The number of carboxylic acid groups (broad SMARTS) is 1. The van der Waals surface area contributed by atoms with Gasteiger partial charge < -0.3 is 25.2 Å². The molecule has 60 heavy (non-hydrogen) atoms. The first kappa shape index (κ1) is 56.7. The van der Waals surface area contributed by atoms with Gasteiger partial charge in [-0.3, -0.25) is 23.4 Å². The van der Waals surface area contributed by atoms with Crippen LogP contribution < -0.4 is 5.73 Å². The van der Waals surface area contributed by atoms with Crippen molar-refractivity contribution < 1.29 is 47.5 Å². The number of nitrogens with two attached hydrogens (primary N) is 1. The third-order valence-corrected chi connectivity index (χ3v) is 10.1. The predicted molar refractivity (Wildman–Crippen MR) is 244 cm³/mol. The van der Waals surface area contributed by atoms with Crippen LogP contribution in [0.25, 0.3) is 0 Å². The summed E-state index contributed by atoms with van der Waals surface area (Å²) in [5.41, 5.74) is 5.33. The number of rotatable bonds is 41. The molecule has 0 aromatic carbocycles. The Bertz CT molecular complexity index is 1340. The molecule has 342 valence electrons. The van der Waals surface area contributed by atoms with E-state index in [4.69, 9.17) is 24.8 Å². The maximum Gasteiger partial charge on any atom is 0.472 e. The van der Waals surface area contributed by atoms with Gasteiger partial charge in [0.2, 0.25) is 0 Å². The molecule has 3 atom stereocenters. The Morgan fingerprint density at radius 1 is 0.517 bits per heavy atom. The van der Waals surface area contributed by atoms with Gasteiger partial charge in [-0.1, -0.05) is 144 Å². The van der Waals surface area contributed by atoms with Crippen molar-refractivity contribution in [2.45, 2.75) is 180 Å². The molecule has 0 aliphatic rings. The van der Waals surface area contributed by atoms with Gasteiger partial charge in [0.25, 0.3) is 0 Å². The van der Waals surface area contributed by atoms with E-state index in [1.165, 1.54) is 44.9 Å². The summed E-state index contributed by atoms with van der Waals surface area (Å²) in [6, 6.07) is -1.53. The number of hydrogen-bond donors (Lipinski definition) is 3. The van der Waals surface area contributed by atoms with Crippen LogP contribution in [-0.2, 0) is 37.5 Å². The van der Waals surface area contributed by atoms with Gasteiger partial charge >= 0.3 is 25.7 Å². The molecule has 0 radical (unpaired) electrons. The normalized spacial score (nSPS) is 14.5. The molecule has 0 fully saturated rings. The van der Waals surface area contributed by atoms with Crippen LogP contribution in [0.3, 0.4) is 0 Å². The molecule has 0 rings (SSSR count). The molecule has 0 spiro atoms. The fourth-order valence-electron chi connectivity index (χ4n) is 5.52. The molecule has 0 amide bonds. The van der Waals surface area contributed by atoms with Gasteiger partial charge in [0.1, 0.15) is 12.6 Å². The highest BCUT2D eigenvalue weighted by atomic mass is 31.2. The van der Waals surface area contributed by atoms with Gasteiger partial charge in [0, 0.05) is 12.8 Å². The van der Waals surface area contributed by atoms with E-state index >= 15 is 0 Å². The summed E-state index contributed by atoms with van der Waals surface area (Å²) in [4.78, 5) is 46.0. The number of ether oxygens (including phenoxy) is 2. The Balaban J connectivity index is 4.47. The van der Waals surface area contributed by atoms with Crippen LogP contribution in [0.5, 0.6) is 0 Å². The number of carbonyl (C=O) groups excluding carboxylic acids is 2. The number of allylic oxidation sites excluding steroid dienone is 14. The minimum atomic E-state index is -4.74. The second-order valence-electron chi connectivity index (χ2n) is 14.8. The summed E-state index contributed by atoms with van der Waals surface area (Å²) in [5.74, 6) is -2.46. The minimum Gasteiger partial charge on any atom is -0.480 e. The number of esters is 2. The fraction of sp³-hybridized carbons (Fsp3) is 0.646. The molecule has 0 aliphatic carbocycles. The van der Waals surface area contributed by atoms with Crippen LogP contribution in [-0.4, -0.2) is 59.9 Å². The maximum atomic E-state index is 12.6. The first-order valence-corrected chi connectivity index (χ1v) is 24.1. The van der Waals surface area contributed by atoms with E-state index in [9.17, 15) is 23.8 Å². The lowest BCUT2D eigenvalue weighted by Crippen LogP contribution is -2.34. The molecule has 1 unspecified atom stereocenters. The lowest BCUT2D eigenvalue weighted by Gasteiger charge is -2.20. The predicted octanol–water partition coefficient (Wildman–Crippen LogP) is 12.3. The van der Waals surface area contributed by atoms with Crippen molar-refractivity contribution in [3.63, 3.8) is 0 Å². The van der Waals surface area contributed by atoms with E-state index in [1.54, 1.807) is 0 Å². The zero-order chi connectivity index (χ0) is 44.2. The lowest BCUT2D eigenvalue weighted by atomic mass is 10.1. The number of unbranched alkanes of at least 4 members (excludes halogenated alkanes) is 13. The SMILES string of the molecule is CCCCC/C=C/C/C=C/C/C=C/C/C=C/CCCCCC(=O)O[C@H](COC(=O)CCCCCC/C=C/C/C=C/C/C=C/CCCCC)COP(=O)(O)OC[C@H](N)C(=O)O. The molecule has 0 aromatic heterocycles. The van der Waals surface area contributed by atoms with Crippen molar-refractivity contribution in [3.05, 3.63) is 85.1 Å². The van der Waals surface area contributed by atoms with Crippen LogP contribution in [0.1, 0.15) is 168 Å². The highest BCUT2D eigenvalue weighted by Gasteiger charge is 2.28. The second-order valence-corrected chi connectivity index (χ2v) is 16.3. The summed E-state index contributed by atoms with van der Waals surface area (Å²) in [6.07, 6.45) is 52.1. The third kappa shape index (κ3) is 41.4. The number of phosphoric ester groups is 1. The molecular formula is C48H80NO10P. The van der Waals surface area contributed by atoms with Crippen molar-refractivity contribution in [2.75, 3.05) is 19.8 Å². The van der Waals surface area contributed by atoms with E-state index < -0.39 is 51.1 Å². The molecule has 0 aliphatic heterocycles. The summed E-state index contributed by atoms with van der Waals surface area (Å²) >= 11 is 0. The van der Waals surface area contributed by atoms with Gasteiger partial charge in [0.15, 0.2) is 6.10 Å². The Labute approximate surface area is 362 Å². The van der Waals surface area contributed by atoms with Gasteiger partial charge in [-0.15, -0.1) is 0 Å². The molecular weight excluding hydrogens is 781 g/mol. The number of phosphoric acid groups is 1. The topological polar surface area (TPSA) is 172 Å². The summed E-state index contributed by atoms with van der Waals surface area (Å²) in [6.45, 7) is 2.68. The third-order valence-electron chi connectivity index (χ3n) is 9.12. The molecule has 11 nitrogen and oxygen atoms in total. The quantitative estimate of drug-likeness (QED) is 0.0231. The van der Waals surface area contributed by atoms with Crippen molar-refractivity contribution in [1.29, 1.82) is 0 Å². The highest BCUT2D eigenvalue weighted by Crippen LogP contribution is 2.43. The maximum absolute atomic E-state index is 12.6. The van der Waals surface area contributed by atoms with Crippen molar-refractivity contribution >= 4 is 25.7 Å². The van der Waals surface area contributed by atoms with Gasteiger partial charge in [-0.2, -0.15) is 0 Å². The monoisotopic (exact) mass is 862 g/mol. The zero-order valence-corrected chi connectivity index (χ0v) is 37.9. The van der Waals surface area contributed by atoms with E-state index in [1.807, 2.05) is 0 Å². The summed E-state index contributed by atoms with van der Waals surface area (Å²) in [5, 5.41) is 8.90. The Hall–Kier alpha value is -3.34. The van der Waals surface area contributed by atoms with Crippen LogP contribution in [0.4, 0.5) is 0 Å². The van der Waals surface area contributed by atoms with Crippen LogP contribution >= 0.6 is 7.82 Å².